The van der Waals surface area contributed by atoms with Crippen molar-refractivity contribution in [1.82, 2.24) is 35.0 Å². The molecular weight excluding hydrogens is 610 g/mol. The summed E-state index contributed by atoms with van der Waals surface area (Å²) in [6.45, 7) is 12.5. The second-order valence-corrected chi connectivity index (χ2v) is 11.1. The first-order chi connectivity index (χ1) is 22.3. The lowest BCUT2D eigenvalue weighted by atomic mass is 10.0. The van der Waals surface area contributed by atoms with Gasteiger partial charge in [0, 0.05) is 54.6 Å². The minimum absolute atomic E-state index is 0.186. The maximum atomic E-state index is 13.2. The molecule has 1 amide bonds. The van der Waals surface area contributed by atoms with Crippen molar-refractivity contribution in [3.63, 3.8) is 0 Å². The highest BCUT2D eigenvalue weighted by Gasteiger charge is 2.23. The molecule has 5 heterocycles. The number of nitrogens with one attached hydrogen (secondary N) is 4. The summed E-state index contributed by atoms with van der Waals surface area (Å²) in [5, 5.41) is 16.8. The van der Waals surface area contributed by atoms with E-state index in [1.807, 2.05) is 45.7 Å². The molecular formula is C31H39N9O5S. The third-order valence-electron chi connectivity index (χ3n) is 6.73. The van der Waals surface area contributed by atoms with E-state index in [4.69, 9.17) is 19.1 Å². The van der Waals surface area contributed by atoms with Crippen LogP contribution in [0.3, 0.4) is 0 Å². The Labute approximate surface area is 271 Å². The number of hydrogen-bond donors (Lipinski definition) is 4. The highest BCUT2D eigenvalue weighted by molar-refractivity contribution is 7.09. The van der Waals surface area contributed by atoms with Gasteiger partial charge in [-0.15, -0.1) is 11.3 Å². The molecule has 15 heteroatoms. The lowest BCUT2D eigenvalue weighted by molar-refractivity contribution is -0.0987. The standard InChI is InChI=1S/C25H29N7O3S.C4H6N2.2CH2O/c1-14-10-32(11-15(2)35-14)12-23-29-22(13-36-23)24(33)30-19-5-16(6-20-18(19)9-28-31-20)17-7-21(26-3)25(34-4)27-8-17;1-4-2-5-3-6-4;2*1-2/h5-9,13-15,26H,10-12H2,1-4H3,(H,28,31)(H,30,33);2-3H,1H3,(H,5,6);2*1H2/t14-,15+;;;. The van der Waals surface area contributed by atoms with E-state index >= 15 is 0 Å². The number of ether oxygens (including phenoxy) is 2. The molecule has 2 atom stereocenters. The second-order valence-electron chi connectivity index (χ2n) is 10.2. The number of aryl methyl sites for hydroxylation is 1. The average molecular weight is 650 g/mol. The minimum Gasteiger partial charge on any atom is -0.480 e. The molecule has 1 aliphatic heterocycles. The van der Waals surface area contributed by atoms with Crippen LogP contribution in [0.25, 0.3) is 22.0 Å². The Hall–Kier alpha value is -4.99. The molecule has 0 radical (unpaired) electrons. The maximum Gasteiger partial charge on any atom is 0.275 e. The zero-order valence-electron chi connectivity index (χ0n) is 26.5. The normalized spacial score (nSPS) is 15.7. The van der Waals surface area contributed by atoms with Crippen LogP contribution in [0, 0.1) is 6.92 Å². The number of pyridine rings is 1. The number of fused-ring (bicyclic) bond motifs is 1. The van der Waals surface area contributed by atoms with Crippen LogP contribution in [-0.2, 0) is 20.9 Å². The third kappa shape index (κ3) is 9.26. The number of carbonyl (C=O) groups excluding carboxylic acids is 3. The number of amides is 1. The molecule has 1 aromatic carbocycles. The van der Waals surface area contributed by atoms with Gasteiger partial charge in [0.2, 0.25) is 5.88 Å². The van der Waals surface area contributed by atoms with E-state index < -0.39 is 0 Å². The van der Waals surface area contributed by atoms with Crippen molar-refractivity contribution in [1.29, 1.82) is 0 Å². The van der Waals surface area contributed by atoms with Crippen molar-refractivity contribution < 1.29 is 23.9 Å². The zero-order valence-corrected chi connectivity index (χ0v) is 27.3. The number of carbonyl (C=O) groups is 3. The Kier molecular flexibility index (Phi) is 13.5. The van der Waals surface area contributed by atoms with E-state index in [0.717, 1.165) is 51.5 Å². The first kappa shape index (κ1) is 35.5. The number of aromatic amines is 2. The number of benzene rings is 1. The summed E-state index contributed by atoms with van der Waals surface area (Å²) in [7, 11) is 3.40. The van der Waals surface area contributed by atoms with E-state index in [2.05, 4.69) is 59.5 Å². The van der Waals surface area contributed by atoms with Crippen molar-refractivity contribution in [3.8, 4) is 17.0 Å². The van der Waals surface area contributed by atoms with Gasteiger partial charge in [-0.05, 0) is 44.5 Å². The Morgan fingerprint density at radius 1 is 1.09 bits per heavy atom. The van der Waals surface area contributed by atoms with Gasteiger partial charge in [0.15, 0.2) is 0 Å². The fourth-order valence-corrected chi connectivity index (χ4v) is 5.69. The van der Waals surface area contributed by atoms with Gasteiger partial charge in [-0.3, -0.25) is 14.8 Å². The van der Waals surface area contributed by atoms with Gasteiger partial charge >= 0.3 is 0 Å². The van der Waals surface area contributed by atoms with Gasteiger partial charge in [-0.2, -0.15) is 5.10 Å². The monoisotopic (exact) mass is 649 g/mol. The maximum absolute atomic E-state index is 13.2. The quantitative estimate of drug-likeness (QED) is 0.197. The largest absolute Gasteiger partial charge is 0.480 e. The van der Waals surface area contributed by atoms with Crippen LogP contribution in [0.2, 0.25) is 0 Å². The van der Waals surface area contributed by atoms with Crippen molar-refractivity contribution >= 4 is 53.1 Å². The number of H-pyrrole nitrogens is 2. The SMILES string of the molecule is C=O.C=O.CNc1cc(-c2cc(NC(=O)c3csc(CN4C[C@@H](C)O[C@@H](C)C4)n3)c3cn[nH]c3c2)cnc1OC.Cc1cnc[nH]1. The molecule has 0 bridgehead atoms. The molecule has 6 rings (SSSR count). The number of imidazole rings is 1. The molecule has 4 aromatic heterocycles. The van der Waals surface area contributed by atoms with Gasteiger partial charge < -0.3 is 34.7 Å². The molecule has 1 saturated heterocycles. The van der Waals surface area contributed by atoms with Gasteiger partial charge in [0.05, 0.1) is 55.3 Å². The molecule has 0 saturated carbocycles. The summed E-state index contributed by atoms with van der Waals surface area (Å²) in [6.07, 6.45) is 7.25. The van der Waals surface area contributed by atoms with Crippen LogP contribution in [0.4, 0.5) is 11.4 Å². The number of nitrogens with zero attached hydrogens (tertiary/aromatic N) is 5. The summed E-state index contributed by atoms with van der Waals surface area (Å²) in [6, 6.07) is 5.85. The van der Waals surface area contributed by atoms with Crippen molar-refractivity contribution in [2.24, 2.45) is 0 Å². The number of methoxy groups -OCH3 is 1. The second kappa shape index (κ2) is 17.5. The van der Waals surface area contributed by atoms with E-state index in [1.54, 1.807) is 37.4 Å². The van der Waals surface area contributed by atoms with Crippen LogP contribution in [0.5, 0.6) is 5.88 Å². The number of aromatic nitrogens is 6. The highest BCUT2D eigenvalue weighted by atomic mass is 32.1. The Morgan fingerprint density at radius 2 is 1.80 bits per heavy atom. The van der Waals surface area contributed by atoms with E-state index in [1.165, 1.54) is 11.3 Å². The molecule has 5 aromatic rings. The molecule has 46 heavy (non-hydrogen) atoms. The van der Waals surface area contributed by atoms with E-state index in [-0.39, 0.29) is 18.1 Å². The lowest BCUT2D eigenvalue weighted by Gasteiger charge is -2.34. The molecule has 0 aliphatic carbocycles. The van der Waals surface area contributed by atoms with Crippen molar-refractivity contribution in [2.75, 3.05) is 37.9 Å². The van der Waals surface area contributed by atoms with Crippen LogP contribution in [0.1, 0.15) is 35.0 Å². The molecule has 14 nitrogen and oxygen atoms in total. The zero-order chi connectivity index (χ0) is 33.6. The fraction of sp³-hybridized carbons (Fsp3) is 0.323. The van der Waals surface area contributed by atoms with Crippen LogP contribution < -0.4 is 15.4 Å². The summed E-state index contributed by atoms with van der Waals surface area (Å²) in [4.78, 5) is 47.1. The Morgan fingerprint density at radius 3 is 2.41 bits per heavy atom. The Balaban J connectivity index is 0.000000503. The van der Waals surface area contributed by atoms with Crippen molar-refractivity contribution in [2.45, 2.75) is 39.5 Å². The van der Waals surface area contributed by atoms with Gasteiger partial charge in [-0.25, -0.2) is 15.0 Å². The summed E-state index contributed by atoms with van der Waals surface area (Å²) in [5.74, 6) is 0.252. The first-order valence-corrected chi connectivity index (χ1v) is 15.1. The molecule has 4 N–H and O–H groups in total. The molecule has 1 aliphatic rings. The van der Waals surface area contributed by atoms with E-state index in [9.17, 15) is 4.79 Å². The number of anilines is 2. The minimum atomic E-state index is -0.260. The van der Waals surface area contributed by atoms with Gasteiger partial charge in [0.1, 0.15) is 24.3 Å². The summed E-state index contributed by atoms with van der Waals surface area (Å²) >= 11 is 1.50. The van der Waals surface area contributed by atoms with Gasteiger partial charge in [0.25, 0.3) is 5.91 Å². The Bertz CT molecular complexity index is 1660. The smallest absolute Gasteiger partial charge is 0.275 e. The van der Waals surface area contributed by atoms with Crippen LogP contribution in [0.15, 0.2) is 48.5 Å². The first-order valence-electron chi connectivity index (χ1n) is 14.2. The summed E-state index contributed by atoms with van der Waals surface area (Å²) in [5.41, 5.74) is 5.47. The molecule has 0 spiro atoms. The number of morpholine rings is 1. The predicted octanol–water partition coefficient (Wildman–Crippen LogP) is 4.34. The average Bonchev–Trinajstić information content (AvgIpc) is 3.85. The van der Waals surface area contributed by atoms with Crippen molar-refractivity contribution in [3.05, 3.63) is 64.9 Å². The van der Waals surface area contributed by atoms with E-state index in [0.29, 0.717) is 23.8 Å². The van der Waals surface area contributed by atoms with Gasteiger partial charge in [-0.1, -0.05) is 0 Å². The van der Waals surface area contributed by atoms with Crippen LogP contribution >= 0.6 is 11.3 Å². The number of hydrogen-bond acceptors (Lipinski definition) is 12. The predicted molar refractivity (Wildman–Crippen MR) is 178 cm³/mol. The fourth-order valence-electron chi connectivity index (χ4n) is 4.88. The van der Waals surface area contributed by atoms with Crippen LogP contribution in [-0.4, -0.2) is 94.0 Å². The topological polar surface area (TPSA) is 180 Å². The number of rotatable bonds is 7. The third-order valence-corrected chi connectivity index (χ3v) is 7.56. The lowest BCUT2D eigenvalue weighted by Crippen LogP contribution is -2.44. The highest BCUT2D eigenvalue weighted by Crippen LogP contribution is 2.33. The molecule has 244 valence electrons. The summed E-state index contributed by atoms with van der Waals surface area (Å²) < 4.78 is 11.1. The molecule has 0 unspecified atom stereocenters. The molecule has 1 fully saturated rings. The number of thiazole rings is 1.